The number of anilines is 1. The van der Waals surface area contributed by atoms with E-state index in [-0.39, 0.29) is 12.2 Å². The molecule has 4 rings (SSSR count). The number of aryl methyl sites for hydroxylation is 1. The largest absolute Gasteiger partial charge is 0.443 e. The third kappa shape index (κ3) is 7.63. The SMILES string of the molecule is CS(=O)(=O)Cl.Cc1nc(-c2ccc(N3CC(CN4CCN(S(C)(=O)=O)CC4)OC3=O)cc2)no1. The van der Waals surface area contributed by atoms with Crippen molar-refractivity contribution in [3.63, 3.8) is 0 Å². The van der Waals surface area contributed by atoms with Gasteiger partial charge in [0.2, 0.25) is 30.8 Å². The molecule has 0 radical (unpaired) electrons. The van der Waals surface area contributed by atoms with Crippen LogP contribution in [-0.4, -0.2) is 100 Å². The topological polar surface area (TPSA) is 143 Å². The Bertz CT molecular complexity index is 1200. The molecule has 1 aromatic heterocycles. The smallest absolute Gasteiger partial charge is 0.414 e. The molecule has 3 heterocycles. The van der Waals surface area contributed by atoms with Crippen molar-refractivity contribution in [1.29, 1.82) is 0 Å². The van der Waals surface area contributed by atoms with Gasteiger partial charge in [-0.15, -0.1) is 0 Å². The van der Waals surface area contributed by atoms with E-state index in [2.05, 4.69) is 25.7 Å². The number of amides is 1. The number of hydrogen-bond donors (Lipinski definition) is 0. The highest BCUT2D eigenvalue weighted by atomic mass is 35.7. The maximum atomic E-state index is 12.3. The summed E-state index contributed by atoms with van der Waals surface area (Å²) in [5, 5.41) is 3.89. The first-order chi connectivity index (χ1) is 15.8. The maximum absolute atomic E-state index is 12.3. The van der Waals surface area contributed by atoms with Gasteiger partial charge in [0.15, 0.2) is 0 Å². The lowest BCUT2D eigenvalue weighted by molar-refractivity contribution is 0.0938. The fourth-order valence-corrected chi connectivity index (χ4v) is 4.39. The van der Waals surface area contributed by atoms with Crippen molar-refractivity contribution in [1.82, 2.24) is 19.3 Å². The lowest BCUT2D eigenvalue weighted by atomic mass is 10.2. The summed E-state index contributed by atoms with van der Waals surface area (Å²) in [6.45, 7) is 4.93. The van der Waals surface area contributed by atoms with Gasteiger partial charge < -0.3 is 9.26 Å². The quantitative estimate of drug-likeness (QED) is 0.511. The molecule has 15 heteroatoms. The molecule has 0 saturated carbocycles. The van der Waals surface area contributed by atoms with Crippen LogP contribution in [0.15, 0.2) is 28.8 Å². The molecule has 2 aromatic rings. The Morgan fingerprint density at radius 3 is 2.15 bits per heavy atom. The molecule has 1 atom stereocenters. The molecule has 2 saturated heterocycles. The van der Waals surface area contributed by atoms with Crippen LogP contribution >= 0.6 is 10.7 Å². The van der Waals surface area contributed by atoms with Crippen LogP contribution in [0.5, 0.6) is 0 Å². The van der Waals surface area contributed by atoms with E-state index >= 15 is 0 Å². The lowest BCUT2D eigenvalue weighted by Gasteiger charge is -2.33. The van der Waals surface area contributed by atoms with Gasteiger partial charge in [-0.3, -0.25) is 9.80 Å². The van der Waals surface area contributed by atoms with Gasteiger partial charge in [0.1, 0.15) is 6.10 Å². The number of halogens is 1. The molecular formula is C19H26ClN5O7S2. The zero-order valence-electron chi connectivity index (χ0n) is 18.9. The first-order valence-electron chi connectivity index (χ1n) is 10.3. The van der Waals surface area contributed by atoms with Gasteiger partial charge >= 0.3 is 6.09 Å². The fourth-order valence-electron chi connectivity index (χ4n) is 3.57. The summed E-state index contributed by atoms with van der Waals surface area (Å²) in [6.07, 6.45) is 1.51. The van der Waals surface area contributed by atoms with E-state index in [0.717, 1.165) is 17.5 Å². The van der Waals surface area contributed by atoms with Gasteiger partial charge in [0.05, 0.1) is 19.1 Å². The number of ether oxygens (including phenoxy) is 1. The predicted octanol–water partition coefficient (Wildman–Crippen LogP) is 1.13. The second-order valence-corrected chi connectivity index (χ2v) is 13.0. The second kappa shape index (κ2) is 10.6. The molecule has 1 aromatic carbocycles. The van der Waals surface area contributed by atoms with E-state index in [0.29, 0.717) is 51.0 Å². The summed E-state index contributed by atoms with van der Waals surface area (Å²) in [5.74, 6) is 0.997. The number of hydrogen-bond acceptors (Lipinski definition) is 10. The zero-order chi connectivity index (χ0) is 25.1. The van der Waals surface area contributed by atoms with Crippen LogP contribution < -0.4 is 4.90 Å². The van der Waals surface area contributed by atoms with Gasteiger partial charge in [-0.25, -0.2) is 21.6 Å². The number of carbonyl (C=O) groups excluding carboxylic acids is 1. The predicted molar refractivity (Wildman–Crippen MR) is 126 cm³/mol. The van der Waals surface area contributed by atoms with Crippen LogP contribution in [0, 0.1) is 6.92 Å². The Balaban J connectivity index is 0.000000588. The van der Waals surface area contributed by atoms with E-state index in [4.69, 9.17) is 9.26 Å². The molecule has 188 valence electrons. The summed E-state index contributed by atoms with van der Waals surface area (Å²) >= 11 is 0. The van der Waals surface area contributed by atoms with Crippen molar-refractivity contribution in [2.24, 2.45) is 0 Å². The first-order valence-corrected chi connectivity index (χ1v) is 14.8. The molecule has 1 unspecified atom stereocenters. The number of nitrogens with zero attached hydrogens (tertiary/aromatic N) is 5. The standard InChI is InChI=1S/C18H23N5O5S.CH3ClO2S/c1-13-19-17(20-28-13)14-3-5-15(6-4-14)23-12-16(27-18(23)24)11-21-7-9-22(10-8-21)29(2,25)26;1-5(2,3)4/h3-6,16H,7-12H2,1-2H3;1H3. The molecule has 0 aliphatic carbocycles. The molecule has 2 aliphatic rings. The number of rotatable bonds is 5. The van der Waals surface area contributed by atoms with Crippen molar-refractivity contribution >= 4 is 41.5 Å². The van der Waals surface area contributed by atoms with Gasteiger partial charge in [0, 0.05) is 61.6 Å². The molecule has 2 fully saturated rings. The van der Waals surface area contributed by atoms with Gasteiger partial charge in [-0.1, -0.05) is 5.16 Å². The maximum Gasteiger partial charge on any atom is 0.414 e. The molecule has 12 nitrogen and oxygen atoms in total. The normalized spacial score (nSPS) is 20.1. The van der Waals surface area contributed by atoms with Gasteiger partial charge in [-0.05, 0) is 24.3 Å². The monoisotopic (exact) mass is 535 g/mol. The minimum Gasteiger partial charge on any atom is -0.443 e. The van der Waals surface area contributed by atoms with Crippen molar-refractivity contribution in [3.05, 3.63) is 30.2 Å². The van der Waals surface area contributed by atoms with Crippen LogP contribution in [0.1, 0.15) is 5.89 Å². The summed E-state index contributed by atoms with van der Waals surface area (Å²) in [6, 6.07) is 7.33. The molecule has 0 N–H and O–H groups in total. The molecule has 1 amide bonds. The van der Waals surface area contributed by atoms with Gasteiger partial charge in [0.25, 0.3) is 0 Å². The highest BCUT2D eigenvalue weighted by molar-refractivity contribution is 8.13. The van der Waals surface area contributed by atoms with E-state index in [9.17, 15) is 21.6 Å². The van der Waals surface area contributed by atoms with E-state index in [1.807, 2.05) is 24.3 Å². The minimum atomic E-state index is -3.19. The second-order valence-electron chi connectivity index (χ2n) is 7.94. The number of benzene rings is 1. The molecule has 0 bridgehead atoms. The van der Waals surface area contributed by atoms with Crippen LogP contribution in [0.4, 0.5) is 10.5 Å². The minimum absolute atomic E-state index is 0.258. The molecular weight excluding hydrogens is 510 g/mol. The Morgan fingerprint density at radius 2 is 1.65 bits per heavy atom. The summed E-state index contributed by atoms with van der Waals surface area (Å²) in [4.78, 5) is 20.2. The molecule has 0 spiro atoms. The average Bonchev–Trinajstić information content (AvgIpc) is 3.32. The van der Waals surface area contributed by atoms with Crippen molar-refractivity contribution < 1.29 is 30.9 Å². The van der Waals surface area contributed by atoms with E-state index in [1.165, 1.54) is 10.6 Å². The fraction of sp³-hybridized carbons (Fsp3) is 0.526. The Morgan fingerprint density at radius 1 is 1.06 bits per heavy atom. The third-order valence-corrected chi connectivity index (χ3v) is 6.40. The van der Waals surface area contributed by atoms with Gasteiger partial charge in [-0.2, -0.15) is 9.29 Å². The van der Waals surface area contributed by atoms with Crippen LogP contribution in [0.25, 0.3) is 11.4 Å². The van der Waals surface area contributed by atoms with E-state index < -0.39 is 19.1 Å². The zero-order valence-corrected chi connectivity index (χ0v) is 21.3. The number of aromatic nitrogens is 2. The number of cyclic esters (lactones) is 1. The highest BCUT2D eigenvalue weighted by Gasteiger charge is 2.34. The van der Waals surface area contributed by atoms with Crippen LogP contribution in [0.2, 0.25) is 0 Å². The summed E-state index contributed by atoms with van der Waals surface area (Å²) in [5.41, 5.74) is 1.54. The molecule has 2 aliphatic heterocycles. The molecule has 34 heavy (non-hydrogen) atoms. The van der Waals surface area contributed by atoms with E-state index in [1.54, 1.807) is 11.8 Å². The lowest BCUT2D eigenvalue weighted by Crippen LogP contribution is -2.50. The summed E-state index contributed by atoms with van der Waals surface area (Å²) in [7, 11) is -1.85. The Labute approximate surface area is 202 Å². The van der Waals surface area contributed by atoms with Crippen molar-refractivity contribution in [3.8, 4) is 11.4 Å². The number of carbonyl (C=O) groups is 1. The van der Waals surface area contributed by atoms with Crippen LogP contribution in [-0.2, 0) is 23.8 Å². The Hall–Kier alpha value is -2.26. The third-order valence-electron chi connectivity index (χ3n) is 5.10. The number of piperazine rings is 1. The van der Waals surface area contributed by atoms with Crippen molar-refractivity contribution in [2.45, 2.75) is 13.0 Å². The average molecular weight is 536 g/mol. The van der Waals surface area contributed by atoms with Crippen molar-refractivity contribution in [2.75, 3.05) is 56.7 Å². The number of sulfonamides is 1. The summed E-state index contributed by atoms with van der Waals surface area (Å²) < 4.78 is 54.0. The Kier molecular flexibility index (Phi) is 8.18. The van der Waals surface area contributed by atoms with Crippen LogP contribution in [0.3, 0.4) is 0 Å². The first kappa shape index (κ1) is 26.3. The highest BCUT2D eigenvalue weighted by Crippen LogP contribution is 2.25.